The van der Waals surface area contributed by atoms with Gasteiger partial charge in [-0.3, -0.25) is 9.48 Å². The first-order chi connectivity index (χ1) is 8.09. The van der Waals surface area contributed by atoms with Crippen molar-refractivity contribution in [2.75, 3.05) is 0 Å². The lowest BCUT2D eigenvalue weighted by molar-refractivity contribution is 0.104. The quantitative estimate of drug-likeness (QED) is 0.616. The molecule has 2 aromatic heterocycles. The highest BCUT2D eigenvalue weighted by Gasteiger charge is 2.14. The molecule has 0 bridgehead atoms. The highest BCUT2D eigenvalue weighted by molar-refractivity contribution is 7.08. The van der Waals surface area contributed by atoms with Gasteiger partial charge >= 0.3 is 0 Å². The molecule has 2 heterocycles. The number of aryl methyl sites for hydroxylation is 2. The molecule has 0 radical (unpaired) electrons. The molecule has 0 aliphatic carbocycles. The van der Waals surface area contributed by atoms with Crippen LogP contribution in [0.2, 0.25) is 0 Å². The van der Waals surface area contributed by atoms with Crippen molar-refractivity contribution in [3.63, 3.8) is 0 Å². The average molecular weight is 246 g/mol. The second-order valence-electron chi connectivity index (χ2n) is 3.92. The van der Waals surface area contributed by atoms with Crippen LogP contribution >= 0.6 is 11.3 Å². The van der Waals surface area contributed by atoms with Crippen LogP contribution in [0.4, 0.5) is 0 Å². The van der Waals surface area contributed by atoms with Crippen LogP contribution in [0.3, 0.4) is 0 Å². The van der Waals surface area contributed by atoms with Crippen molar-refractivity contribution in [3.05, 3.63) is 45.4 Å². The van der Waals surface area contributed by atoms with Crippen LogP contribution in [-0.4, -0.2) is 15.6 Å². The van der Waals surface area contributed by atoms with Gasteiger partial charge in [-0.05, 0) is 42.3 Å². The van der Waals surface area contributed by atoms with E-state index in [0.717, 1.165) is 17.0 Å². The molecule has 0 spiro atoms. The van der Waals surface area contributed by atoms with Crippen LogP contribution in [0.25, 0.3) is 6.08 Å². The summed E-state index contributed by atoms with van der Waals surface area (Å²) in [5.74, 6) is 0.0132. The summed E-state index contributed by atoms with van der Waals surface area (Å²) in [6.45, 7) is 3.77. The standard InChI is InChI=1S/C13H14N2OS/c1-9-13(10(2)15(3)14-9)12(16)5-4-11-6-7-17-8-11/h4-8H,1-3H3/b5-4+. The molecule has 0 unspecified atom stereocenters. The molecule has 2 aromatic rings. The van der Waals surface area contributed by atoms with Gasteiger partial charge in [-0.25, -0.2) is 0 Å². The van der Waals surface area contributed by atoms with Crippen molar-refractivity contribution in [1.82, 2.24) is 9.78 Å². The predicted molar refractivity (Wildman–Crippen MR) is 70.4 cm³/mol. The molecule has 4 heteroatoms. The summed E-state index contributed by atoms with van der Waals surface area (Å²) >= 11 is 1.62. The fourth-order valence-corrected chi connectivity index (χ4v) is 2.38. The minimum absolute atomic E-state index is 0.0132. The number of hydrogen-bond acceptors (Lipinski definition) is 3. The van der Waals surface area contributed by atoms with Crippen molar-refractivity contribution < 1.29 is 4.79 Å². The molecule has 0 saturated heterocycles. The Hall–Kier alpha value is -1.68. The number of thiophene rings is 1. The molecular formula is C13H14N2OS. The maximum Gasteiger partial charge on any atom is 0.189 e. The summed E-state index contributed by atoms with van der Waals surface area (Å²) in [5, 5.41) is 8.24. The van der Waals surface area contributed by atoms with Crippen LogP contribution in [-0.2, 0) is 7.05 Å². The fraction of sp³-hybridized carbons (Fsp3) is 0.231. The monoisotopic (exact) mass is 246 g/mol. The van der Waals surface area contributed by atoms with Gasteiger partial charge in [-0.1, -0.05) is 6.08 Å². The third kappa shape index (κ3) is 2.36. The zero-order valence-corrected chi connectivity index (χ0v) is 10.9. The highest BCUT2D eigenvalue weighted by Crippen LogP contribution is 2.14. The Balaban J connectivity index is 2.26. The molecule has 0 fully saturated rings. The van der Waals surface area contributed by atoms with Gasteiger partial charge in [-0.2, -0.15) is 16.4 Å². The molecule has 3 nitrogen and oxygen atoms in total. The van der Waals surface area contributed by atoms with Gasteiger partial charge in [0.05, 0.1) is 11.3 Å². The van der Waals surface area contributed by atoms with Crippen LogP contribution < -0.4 is 0 Å². The maximum absolute atomic E-state index is 12.1. The van der Waals surface area contributed by atoms with E-state index in [1.165, 1.54) is 0 Å². The molecule has 0 aliphatic rings. The van der Waals surface area contributed by atoms with Gasteiger partial charge in [0.2, 0.25) is 0 Å². The van der Waals surface area contributed by atoms with E-state index in [1.807, 2.05) is 43.8 Å². The molecule has 17 heavy (non-hydrogen) atoms. The van der Waals surface area contributed by atoms with E-state index in [1.54, 1.807) is 22.1 Å². The maximum atomic E-state index is 12.1. The minimum Gasteiger partial charge on any atom is -0.289 e. The molecule has 0 atom stereocenters. The van der Waals surface area contributed by atoms with Crippen molar-refractivity contribution >= 4 is 23.2 Å². The van der Waals surface area contributed by atoms with Gasteiger partial charge in [-0.15, -0.1) is 0 Å². The van der Waals surface area contributed by atoms with Gasteiger partial charge in [0.1, 0.15) is 0 Å². The summed E-state index contributed by atoms with van der Waals surface area (Å²) in [6, 6.07) is 1.98. The number of nitrogens with zero attached hydrogens (tertiary/aromatic N) is 2. The topological polar surface area (TPSA) is 34.9 Å². The van der Waals surface area contributed by atoms with Crippen LogP contribution in [0.1, 0.15) is 27.3 Å². The lowest BCUT2D eigenvalue weighted by Gasteiger charge is -1.96. The normalized spacial score (nSPS) is 11.2. The van der Waals surface area contributed by atoms with E-state index in [0.29, 0.717) is 5.56 Å². The van der Waals surface area contributed by atoms with Gasteiger partial charge < -0.3 is 0 Å². The first-order valence-corrected chi connectivity index (χ1v) is 6.28. The SMILES string of the molecule is Cc1nn(C)c(C)c1C(=O)/C=C/c1ccsc1. The Morgan fingerprint density at radius 3 is 2.76 bits per heavy atom. The molecule has 88 valence electrons. The zero-order chi connectivity index (χ0) is 12.4. The number of allylic oxidation sites excluding steroid dienone is 1. The average Bonchev–Trinajstić information content (AvgIpc) is 2.86. The number of carbonyl (C=O) groups is 1. The van der Waals surface area contributed by atoms with Crippen molar-refractivity contribution in [1.29, 1.82) is 0 Å². The van der Waals surface area contributed by atoms with Crippen molar-refractivity contribution in [3.8, 4) is 0 Å². The summed E-state index contributed by atoms with van der Waals surface area (Å²) in [5.41, 5.74) is 3.45. The largest absolute Gasteiger partial charge is 0.289 e. The minimum atomic E-state index is 0.0132. The van der Waals surface area contributed by atoms with E-state index in [4.69, 9.17) is 0 Å². The Morgan fingerprint density at radius 2 is 2.24 bits per heavy atom. The van der Waals surface area contributed by atoms with Crippen LogP contribution in [0, 0.1) is 13.8 Å². The number of rotatable bonds is 3. The second-order valence-corrected chi connectivity index (χ2v) is 4.70. The second kappa shape index (κ2) is 4.67. The number of ketones is 1. The summed E-state index contributed by atoms with van der Waals surface area (Å²) < 4.78 is 1.74. The smallest absolute Gasteiger partial charge is 0.189 e. The highest BCUT2D eigenvalue weighted by atomic mass is 32.1. The summed E-state index contributed by atoms with van der Waals surface area (Å²) in [4.78, 5) is 12.1. The molecular weight excluding hydrogens is 232 g/mol. The molecule has 0 aliphatic heterocycles. The van der Waals surface area contributed by atoms with Crippen LogP contribution in [0.5, 0.6) is 0 Å². The molecule has 0 saturated carbocycles. The lowest BCUT2D eigenvalue weighted by atomic mass is 10.1. The van der Waals surface area contributed by atoms with Crippen molar-refractivity contribution in [2.24, 2.45) is 7.05 Å². The molecule has 2 rings (SSSR count). The first-order valence-electron chi connectivity index (χ1n) is 5.34. The van der Waals surface area contributed by atoms with E-state index in [2.05, 4.69) is 5.10 Å². The Bertz CT molecular complexity index is 565. The lowest BCUT2D eigenvalue weighted by Crippen LogP contribution is -1.99. The number of aromatic nitrogens is 2. The van der Waals surface area contributed by atoms with Gasteiger partial charge in [0.15, 0.2) is 5.78 Å². The Morgan fingerprint density at radius 1 is 1.47 bits per heavy atom. The molecule has 0 amide bonds. The third-order valence-corrected chi connectivity index (χ3v) is 3.43. The van der Waals surface area contributed by atoms with Gasteiger partial charge in [0, 0.05) is 12.7 Å². The third-order valence-electron chi connectivity index (χ3n) is 2.73. The molecule has 0 aromatic carbocycles. The number of carbonyl (C=O) groups excluding carboxylic acids is 1. The number of hydrogen-bond donors (Lipinski definition) is 0. The van der Waals surface area contributed by atoms with E-state index in [-0.39, 0.29) is 5.78 Å². The summed E-state index contributed by atoms with van der Waals surface area (Å²) in [7, 11) is 1.85. The fourth-order valence-electron chi connectivity index (χ4n) is 1.76. The van der Waals surface area contributed by atoms with Crippen LogP contribution in [0.15, 0.2) is 22.9 Å². The Kier molecular flexibility index (Phi) is 3.24. The van der Waals surface area contributed by atoms with E-state index >= 15 is 0 Å². The van der Waals surface area contributed by atoms with E-state index in [9.17, 15) is 4.79 Å². The summed E-state index contributed by atoms with van der Waals surface area (Å²) in [6.07, 6.45) is 3.45. The molecule has 0 N–H and O–H groups in total. The first kappa shape index (κ1) is 11.8. The van der Waals surface area contributed by atoms with Gasteiger partial charge in [0.25, 0.3) is 0 Å². The zero-order valence-electron chi connectivity index (χ0n) is 10.1. The van der Waals surface area contributed by atoms with E-state index < -0.39 is 0 Å². The predicted octanol–water partition coefficient (Wildman–Crippen LogP) is 2.99. The van der Waals surface area contributed by atoms with Crippen molar-refractivity contribution in [2.45, 2.75) is 13.8 Å². The Labute approximate surface area is 104 Å².